The van der Waals surface area contributed by atoms with Gasteiger partial charge in [-0.2, -0.15) is 4.68 Å². The fourth-order valence-electron chi connectivity index (χ4n) is 4.86. The van der Waals surface area contributed by atoms with Gasteiger partial charge in [-0.15, -0.1) is 0 Å². The van der Waals surface area contributed by atoms with Crippen molar-refractivity contribution in [3.05, 3.63) is 117 Å². The monoisotopic (exact) mass is 600 g/mol. The van der Waals surface area contributed by atoms with Crippen LogP contribution in [0, 0.1) is 0 Å². The number of tetrazole rings is 1. The van der Waals surface area contributed by atoms with Crippen molar-refractivity contribution in [3.8, 4) is 16.8 Å². The van der Waals surface area contributed by atoms with E-state index in [1.54, 1.807) is 24.3 Å². The van der Waals surface area contributed by atoms with Crippen molar-refractivity contribution in [2.24, 2.45) is 0 Å². The number of aromatic amines is 1. The highest BCUT2D eigenvalue weighted by Gasteiger charge is 2.24. The molecule has 5 rings (SSSR count). The number of nitrogens with one attached hydrogen (secondary N) is 2. The number of rotatable bonds is 12. The van der Waals surface area contributed by atoms with Gasteiger partial charge in [-0.05, 0) is 52.1 Å². The summed E-state index contributed by atoms with van der Waals surface area (Å²) in [5.41, 5.74) is 4.19. The summed E-state index contributed by atoms with van der Waals surface area (Å²) in [5.74, 6) is -1.18. The third-order valence-electron chi connectivity index (χ3n) is 6.87. The number of para-hydroxylation sites is 1. The van der Waals surface area contributed by atoms with E-state index in [-0.39, 0.29) is 18.7 Å². The first kappa shape index (κ1) is 29.5. The van der Waals surface area contributed by atoms with Gasteiger partial charge in [0.25, 0.3) is 5.89 Å². The van der Waals surface area contributed by atoms with Gasteiger partial charge in [-0.1, -0.05) is 85.6 Å². The molecule has 43 heavy (non-hydrogen) atoms. The number of carboxylic acid groups (broad SMARTS) is 1. The highest BCUT2D eigenvalue weighted by Crippen LogP contribution is 2.27. The SMILES string of the molecule is CCCc1nc(C(=O)NC(CC(=O)O)Cc2ccccc2Cl)oc1Cc1ccc(-c2ccccc2-n2nn[nH]c2=O)cc1. The van der Waals surface area contributed by atoms with E-state index in [9.17, 15) is 19.5 Å². The maximum atomic E-state index is 13.2. The third kappa shape index (κ3) is 7.07. The maximum absolute atomic E-state index is 13.2. The molecule has 12 heteroatoms. The molecule has 220 valence electrons. The number of amides is 1. The summed E-state index contributed by atoms with van der Waals surface area (Å²) in [6.07, 6.45) is 1.77. The second-order valence-corrected chi connectivity index (χ2v) is 10.4. The molecule has 1 unspecified atom stereocenters. The Hall–Kier alpha value is -5.03. The molecule has 0 aliphatic carbocycles. The number of carboxylic acids is 1. The Morgan fingerprint density at radius 1 is 1.07 bits per heavy atom. The van der Waals surface area contributed by atoms with Crippen LogP contribution in [0.2, 0.25) is 5.02 Å². The summed E-state index contributed by atoms with van der Waals surface area (Å²) in [6, 6.07) is 21.6. The van der Waals surface area contributed by atoms with Crippen LogP contribution in [-0.4, -0.2) is 48.2 Å². The van der Waals surface area contributed by atoms with Gasteiger partial charge in [0, 0.05) is 23.0 Å². The lowest BCUT2D eigenvalue weighted by Crippen LogP contribution is -2.38. The zero-order valence-corrected chi connectivity index (χ0v) is 24.0. The van der Waals surface area contributed by atoms with Crippen LogP contribution >= 0.6 is 11.6 Å². The molecule has 2 aromatic heterocycles. The van der Waals surface area contributed by atoms with Crippen LogP contribution in [0.15, 0.2) is 82.0 Å². The highest BCUT2D eigenvalue weighted by atomic mass is 35.5. The molecule has 0 fully saturated rings. The quantitative estimate of drug-likeness (QED) is 0.187. The van der Waals surface area contributed by atoms with Crippen molar-refractivity contribution in [2.75, 3.05) is 0 Å². The minimum atomic E-state index is -1.05. The van der Waals surface area contributed by atoms with Crippen molar-refractivity contribution >= 4 is 23.5 Å². The number of aromatic nitrogens is 5. The summed E-state index contributed by atoms with van der Waals surface area (Å²) >= 11 is 6.26. The number of aryl methyl sites for hydroxylation is 1. The second-order valence-electron chi connectivity index (χ2n) is 10.0. The fourth-order valence-corrected chi connectivity index (χ4v) is 5.07. The third-order valence-corrected chi connectivity index (χ3v) is 7.24. The molecule has 0 spiro atoms. The van der Waals surface area contributed by atoms with Crippen molar-refractivity contribution in [2.45, 2.75) is 45.1 Å². The summed E-state index contributed by atoms with van der Waals surface area (Å²) in [6.45, 7) is 2.01. The van der Waals surface area contributed by atoms with E-state index < -0.39 is 23.6 Å². The molecule has 3 aromatic carbocycles. The molecule has 0 bridgehead atoms. The molecule has 0 radical (unpaired) electrons. The summed E-state index contributed by atoms with van der Waals surface area (Å²) < 4.78 is 7.16. The van der Waals surface area contributed by atoms with Crippen LogP contribution in [0.25, 0.3) is 16.8 Å². The molecule has 0 saturated carbocycles. The lowest BCUT2D eigenvalue weighted by molar-refractivity contribution is -0.137. The molecule has 0 aliphatic heterocycles. The number of carbonyl (C=O) groups is 2. The zero-order chi connectivity index (χ0) is 30.3. The molecule has 1 amide bonds. The molecule has 3 N–H and O–H groups in total. The van der Waals surface area contributed by atoms with Gasteiger partial charge in [0.05, 0.1) is 17.8 Å². The van der Waals surface area contributed by atoms with E-state index in [0.29, 0.717) is 35.0 Å². The molecular weight excluding hydrogens is 572 g/mol. The van der Waals surface area contributed by atoms with Gasteiger partial charge < -0.3 is 14.8 Å². The molecule has 0 aliphatic rings. The zero-order valence-electron chi connectivity index (χ0n) is 23.3. The largest absolute Gasteiger partial charge is 0.481 e. The topological polar surface area (TPSA) is 156 Å². The number of hydrogen-bond donors (Lipinski definition) is 3. The number of halogens is 1. The van der Waals surface area contributed by atoms with Crippen LogP contribution in [0.3, 0.4) is 0 Å². The minimum absolute atomic E-state index is 0.114. The molecule has 0 saturated heterocycles. The predicted molar refractivity (Wildman–Crippen MR) is 159 cm³/mol. The van der Waals surface area contributed by atoms with Gasteiger partial charge in [-0.25, -0.2) is 14.9 Å². The lowest BCUT2D eigenvalue weighted by Gasteiger charge is -2.16. The smallest absolute Gasteiger partial charge is 0.365 e. The van der Waals surface area contributed by atoms with E-state index in [2.05, 4.69) is 25.8 Å². The Morgan fingerprint density at radius 2 is 1.81 bits per heavy atom. The van der Waals surface area contributed by atoms with Crippen molar-refractivity contribution in [1.82, 2.24) is 30.5 Å². The Bertz CT molecular complexity index is 1790. The van der Waals surface area contributed by atoms with Crippen LogP contribution in [0.5, 0.6) is 0 Å². The van der Waals surface area contributed by atoms with E-state index >= 15 is 0 Å². The number of carbonyl (C=O) groups excluding carboxylic acids is 1. The van der Waals surface area contributed by atoms with Gasteiger partial charge >= 0.3 is 17.6 Å². The Labute approximate surface area is 251 Å². The van der Waals surface area contributed by atoms with Gasteiger partial charge in [0.15, 0.2) is 0 Å². The first-order chi connectivity index (χ1) is 20.8. The Morgan fingerprint density at radius 3 is 2.51 bits per heavy atom. The average Bonchev–Trinajstić information content (AvgIpc) is 3.60. The predicted octanol–water partition coefficient (Wildman–Crippen LogP) is 4.62. The van der Waals surface area contributed by atoms with Crippen LogP contribution < -0.4 is 11.0 Å². The van der Waals surface area contributed by atoms with Crippen molar-refractivity contribution in [3.63, 3.8) is 0 Å². The second kappa shape index (κ2) is 13.3. The first-order valence-electron chi connectivity index (χ1n) is 13.8. The molecule has 5 aromatic rings. The molecule has 11 nitrogen and oxygen atoms in total. The van der Waals surface area contributed by atoms with E-state index in [1.807, 2.05) is 55.5 Å². The number of benzene rings is 3. The van der Waals surface area contributed by atoms with Gasteiger partial charge in [-0.3, -0.25) is 9.59 Å². The summed E-state index contributed by atoms with van der Waals surface area (Å²) in [7, 11) is 0. The first-order valence-corrected chi connectivity index (χ1v) is 14.1. The Kier molecular flexibility index (Phi) is 9.11. The standard InChI is InChI=1S/C31H29ClN6O5/c1-2-7-25-27(43-30(34-25)29(41)33-22(18-28(39)40)17-21-8-3-5-10-24(21)32)16-19-12-14-20(15-13-19)23-9-4-6-11-26(23)38-31(42)35-36-37-38/h3-6,8-15,22H,2,7,16-18H2,1H3,(H,33,41)(H,39,40)(H,35,37,42). The minimum Gasteiger partial charge on any atom is -0.481 e. The van der Waals surface area contributed by atoms with E-state index in [4.69, 9.17) is 16.0 Å². The van der Waals surface area contributed by atoms with E-state index in [1.165, 1.54) is 4.68 Å². The van der Waals surface area contributed by atoms with Gasteiger partial charge in [0.1, 0.15) is 5.76 Å². The number of H-pyrrole nitrogens is 1. The number of aliphatic carboxylic acids is 1. The van der Waals surface area contributed by atoms with Crippen LogP contribution in [-0.2, 0) is 24.1 Å². The number of oxazole rings is 1. The summed E-state index contributed by atoms with van der Waals surface area (Å²) in [4.78, 5) is 41.2. The number of hydrogen-bond acceptors (Lipinski definition) is 7. The number of nitrogens with zero attached hydrogens (tertiary/aromatic N) is 4. The fraction of sp³-hybridized carbons (Fsp3) is 0.226. The highest BCUT2D eigenvalue weighted by molar-refractivity contribution is 6.31. The van der Waals surface area contributed by atoms with E-state index in [0.717, 1.165) is 28.7 Å². The molecule has 2 heterocycles. The van der Waals surface area contributed by atoms with Crippen molar-refractivity contribution in [1.29, 1.82) is 0 Å². The van der Waals surface area contributed by atoms with Crippen molar-refractivity contribution < 1.29 is 19.1 Å². The molecular formula is C31H29ClN6O5. The average molecular weight is 601 g/mol. The maximum Gasteiger partial charge on any atom is 0.365 e. The normalized spacial score (nSPS) is 11.8. The molecule has 1 atom stereocenters. The Balaban J connectivity index is 1.34. The van der Waals surface area contributed by atoms with Crippen LogP contribution in [0.4, 0.5) is 0 Å². The van der Waals surface area contributed by atoms with Crippen LogP contribution in [0.1, 0.15) is 53.0 Å². The lowest BCUT2D eigenvalue weighted by atomic mass is 10.0. The van der Waals surface area contributed by atoms with Gasteiger partial charge in [0.2, 0.25) is 0 Å². The summed E-state index contributed by atoms with van der Waals surface area (Å²) in [5, 5.41) is 22.4.